The van der Waals surface area contributed by atoms with Gasteiger partial charge >= 0.3 is 5.97 Å². The van der Waals surface area contributed by atoms with E-state index in [1.54, 1.807) is 30.3 Å². The van der Waals surface area contributed by atoms with E-state index in [9.17, 15) is 14.7 Å². The molecule has 2 aliphatic rings. The number of carbonyl (C=O) groups excluding carboxylic acids is 1. The lowest BCUT2D eigenvalue weighted by Crippen LogP contribution is -2.43. The Balaban J connectivity index is 1.48. The van der Waals surface area contributed by atoms with Crippen molar-refractivity contribution in [3.05, 3.63) is 65.2 Å². The van der Waals surface area contributed by atoms with Gasteiger partial charge in [0.1, 0.15) is 12.4 Å². The van der Waals surface area contributed by atoms with E-state index in [0.717, 1.165) is 25.0 Å². The highest BCUT2D eigenvalue weighted by Crippen LogP contribution is 2.31. The summed E-state index contributed by atoms with van der Waals surface area (Å²) in [4.78, 5) is 26.3. The van der Waals surface area contributed by atoms with Crippen molar-refractivity contribution >= 4 is 11.9 Å². The van der Waals surface area contributed by atoms with E-state index < -0.39 is 12.0 Å². The molecule has 6 heteroatoms. The van der Waals surface area contributed by atoms with Crippen LogP contribution in [0.4, 0.5) is 0 Å². The number of hydrogen-bond acceptors (Lipinski definition) is 4. The molecule has 2 aromatic rings. The third kappa shape index (κ3) is 3.73. The van der Waals surface area contributed by atoms with Crippen molar-refractivity contribution in [2.45, 2.75) is 31.4 Å². The average Bonchev–Trinajstić information content (AvgIpc) is 3.25. The Kier molecular flexibility index (Phi) is 5.30. The zero-order valence-electron chi connectivity index (χ0n) is 15.5. The molecule has 0 radical (unpaired) electrons. The van der Waals surface area contributed by atoms with E-state index in [1.165, 1.54) is 4.90 Å². The summed E-state index contributed by atoms with van der Waals surface area (Å²) in [6.45, 7) is 1.66. The summed E-state index contributed by atoms with van der Waals surface area (Å²) in [6, 6.07) is 13.3. The smallest absolute Gasteiger partial charge is 0.331 e. The van der Waals surface area contributed by atoms with Crippen LogP contribution in [0, 0.1) is 0 Å². The van der Waals surface area contributed by atoms with Gasteiger partial charge in [-0.2, -0.15) is 0 Å². The first kappa shape index (κ1) is 18.5. The van der Waals surface area contributed by atoms with Crippen molar-refractivity contribution in [2.75, 3.05) is 19.8 Å². The highest BCUT2D eigenvalue weighted by atomic mass is 16.5. The van der Waals surface area contributed by atoms with E-state index >= 15 is 0 Å². The number of fused-ring (bicyclic) bond motifs is 1. The van der Waals surface area contributed by atoms with Gasteiger partial charge in [0.2, 0.25) is 0 Å². The van der Waals surface area contributed by atoms with Gasteiger partial charge in [-0.25, -0.2) is 4.79 Å². The van der Waals surface area contributed by atoms with Gasteiger partial charge in [0.25, 0.3) is 5.91 Å². The van der Waals surface area contributed by atoms with Crippen LogP contribution in [-0.2, 0) is 16.0 Å². The van der Waals surface area contributed by atoms with Crippen LogP contribution in [0.1, 0.15) is 40.4 Å². The molecule has 2 atom stereocenters. The highest BCUT2D eigenvalue weighted by Gasteiger charge is 2.36. The van der Waals surface area contributed by atoms with Gasteiger partial charge in [0.15, 0.2) is 6.04 Å². The molecule has 2 unspecified atom stereocenters. The standard InChI is InChI=1S/C22H23NO5/c24-21(16-7-9-17(10-8-16)28-14-18-5-3-13-27-18)23-12-11-15-4-1-2-6-19(15)20(23)22(25)26/h1-2,4,6-10,18,20H,3,5,11-14H2,(H,25,26). The molecule has 2 heterocycles. The third-order valence-electron chi connectivity index (χ3n) is 5.34. The fourth-order valence-corrected chi connectivity index (χ4v) is 3.88. The number of nitrogens with zero attached hydrogens (tertiary/aromatic N) is 1. The first-order chi connectivity index (χ1) is 13.6. The van der Waals surface area contributed by atoms with Crippen LogP contribution in [0.3, 0.4) is 0 Å². The zero-order chi connectivity index (χ0) is 19.5. The van der Waals surface area contributed by atoms with Gasteiger partial charge in [-0.05, 0) is 54.7 Å². The summed E-state index contributed by atoms with van der Waals surface area (Å²) < 4.78 is 11.3. The van der Waals surface area contributed by atoms with Crippen LogP contribution in [0.2, 0.25) is 0 Å². The number of hydrogen-bond donors (Lipinski definition) is 1. The zero-order valence-corrected chi connectivity index (χ0v) is 15.5. The summed E-state index contributed by atoms with van der Waals surface area (Å²) >= 11 is 0. The molecule has 1 saturated heterocycles. The molecule has 1 N–H and O–H groups in total. The molecule has 28 heavy (non-hydrogen) atoms. The van der Waals surface area contributed by atoms with Crippen molar-refractivity contribution in [1.82, 2.24) is 4.90 Å². The maximum Gasteiger partial charge on any atom is 0.331 e. The molecule has 0 aliphatic carbocycles. The summed E-state index contributed by atoms with van der Waals surface area (Å²) in [6.07, 6.45) is 2.84. The maximum atomic E-state index is 13.0. The van der Waals surface area contributed by atoms with Gasteiger partial charge < -0.3 is 19.5 Å². The molecule has 1 fully saturated rings. The third-order valence-corrected chi connectivity index (χ3v) is 5.34. The fourth-order valence-electron chi connectivity index (χ4n) is 3.88. The normalized spacial score (nSPS) is 21.2. The molecule has 0 bridgehead atoms. The van der Waals surface area contributed by atoms with Gasteiger partial charge in [-0.3, -0.25) is 4.79 Å². The van der Waals surface area contributed by atoms with Crippen LogP contribution >= 0.6 is 0 Å². The first-order valence-electron chi connectivity index (χ1n) is 9.59. The number of aliphatic carboxylic acids is 1. The molecule has 0 aromatic heterocycles. The monoisotopic (exact) mass is 381 g/mol. The number of carboxylic acids is 1. The summed E-state index contributed by atoms with van der Waals surface area (Å²) in [5.74, 6) is -0.629. The molecule has 6 nitrogen and oxygen atoms in total. The molecule has 4 rings (SSSR count). The number of benzene rings is 2. The van der Waals surface area contributed by atoms with Crippen LogP contribution in [0.5, 0.6) is 5.75 Å². The van der Waals surface area contributed by atoms with Crippen molar-refractivity contribution in [3.63, 3.8) is 0 Å². The molecule has 0 spiro atoms. The Hall–Kier alpha value is -2.86. The predicted octanol–water partition coefficient (Wildman–Crippen LogP) is 3.07. The Morgan fingerprint density at radius 1 is 1.14 bits per heavy atom. The quantitative estimate of drug-likeness (QED) is 0.861. The van der Waals surface area contributed by atoms with Crippen LogP contribution in [0.25, 0.3) is 0 Å². The Morgan fingerprint density at radius 3 is 2.64 bits per heavy atom. The van der Waals surface area contributed by atoms with Gasteiger partial charge in [-0.15, -0.1) is 0 Å². The van der Waals surface area contributed by atoms with Crippen LogP contribution < -0.4 is 4.74 Å². The first-order valence-corrected chi connectivity index (χ1v) is 9.59. The fraction of sp³-hybridized carbons (Fsp3) is 0.364. The lowest BCUT2D eigenvalue weighted by Gasteiger charge is -2.34. The van der Waals surface area contributed by atoms with Crippen LogP contribution in [0.15, 0.2) is 48.5 Å². The lowest BCUT2D eigenvalue weighted by atomic mass is 9.92. The summed E-state index contributed by atoms with van der Waals surface area (Å²) in [5.41, 5.74) is 2.12. The topological polar surface area (TPSA) is 76.1 Å². The van der Waals surface area contributed by atoms with Crippen molar-refractivity contribution in [3.8, 4) is 5.75 Å². The molecular formula is C22H23NO5. The lowest BCUT2D eigenvalue weighted by molar-refractivity contribution is -0.143. The summed E-state index contributed by atoms with van der Waals surface area (Å²) in [5, 5.41) is 9.74. The minimum Gasteiger partial charge on any atom is -0.491 e. The number of rotatable bonds is 5. The molecule has 2 aromatic carbocycles. The molecule has 1 amide bonds. The number of carbonyl (C=O) groups is 2. The van der Waals surface area contributed by atoms with Gasteiger partial charge in [0, 0.05) is 18.7 Å². The minimum atomic E-state index is -1.02. The average molecular weight is 381 g/mol. The van der Waals surface area contributed by atoms with E-state index in [2.05, 4.69) is 0 Å². The van der Waals surface area contributed by atoms with Gasteiger partial charge in [0.05, 0.1) is 6.10 Å². The molecule has 0 saturated carbocycles. The maximum absolute atomic E-state index is 13.0. The number of amides is 1. The van der Waals surface area contributed by atoms with Crippen molar-refractivity contribution < 1.29 is 24.2 Å². The van der Waals surface area contributed by atoms with E-state index in [1.807, 2.05) is 18.2 Å². The number of ether oxygens (including phenoxy) is 2. The summed E-state index contributed by atoms with van der Waals surface area (Å²) in [7, 11) is 0. The second-order valence-electron chi connectivity index (χ2n) is 7.16. The number of carboxylic acid groups (broad SMARTS) is 1. The second kappa shape index (κ2) is 8.02. The SMILES string of the molecule is O=C(O)C1c2ccccc2CCN1C(=O)c1ccc(OCC2CCCO2)cc1. The highest BCUT2D eigenvalue weighted by molar-refractivity contribution is 5.97. The van der Waals surface area contributed by atoms with Crippen LogP contribution in [-0.4, -0.2) is 47.7 Å². The largest absolute Gasteiger partial charge is 0.491 e. The van der Waals surface area contributed by atoms with E-state index in [4.69, 9.17) is 9.47 Å². The van der Waals surface area contributed by atoms with Crippen molar-refractivity contribution in [2.24, 2.45) is 0 Å². The van der Waals surface area contributed by atoms with E-state index in [-0.39, 0.29) is 12.0 Å². The Morgan fingerprint density at radius 2 is 1.93 bits per heavy atom. The van der Waals surface area contributed by atoms with E-state index in [0.29, 0.717) is 36.4 Å². The van der Waals surface area contributed by atoms with Gasteiger partial charge in [-0.1, -0.05) is 24.3 Å². The Bertz CT molecular complexity index is 857. The van der Waals surface area contributed by atoms with Crippen molar-refractivity contribution in [1.29, 1.82) is 0 Å². The Labute approximate surface area is 163 Å². The molecule has 2 aliphatic heterocycles. The minimum absolute atomic E-state index is 0.131. The molecule has 146 valence electrons. The molecular weight excluding hydrogens is 358 g/mol. The predicted molar refractivity (Wildman–Crippen MR) is 102 cm³/mol. The second-order valence-corrected chi connectivity index (χ2v) is 7.16.